The molecule has 8 heteroatoms. The Morgan fingerprint density at radius 3 is 1.67 bits per heavy atom. The number of nitrogens with zero attached hydrogens (tertiary/aromatic N) is 1. The summed E-state index contributed by atoms with van der Waals surface area (Å²) >= 11 is 6.24. The summed E-state index contributed by atoms with van der Waals surface area (Å²) in [7, 11) is 0. The summed E-state index contributed by atoms with van der Waals surface area (Å²) in [6.07, 6.45) is 15.7. The zero-order valence-corrected chi connectivity index (χ0v) is 40.1. The predicted molar refractivity (Wildman–Crippen MR) is 269 cm³/mol. The second-order valence-corrected chi connectivity index (χ2v) is 19.7. The number of ketones is 4. The van der Waals surface area contributed by atoms with Crippen LogP contribution in [-0.2, 0) is 49.7 Å². The van der Waals surface area contributed by atoms with Gasteiger partial charge in [0.25, 0.3) is 0 Å². The third kappa shape index (κ3) is 14.1. The van der Waals surface area contributed by atoms with Crippen molar-refractivity contribution in [3.05, 3.63) is 155 Å². The van der Waals surface area contributed by atoms with E-state index >= 15 is 0 Å². The second kappa shape index (κ2) is 23.8. The van der Waals surface area contributed by atoms with E-state index in [-0.39, 0.29) is 35.1 Å². The quantitative estimate of drug-likeness (QED) is 0.119. The molecule has 348 valence electrons. The molecule has 67 heavy (non-hydrogen) atoms. The topological polar surface area (TPSA) is 110 Å². The van der Waals surface area contributed by atoms with Crippen LogP contribution in [-0.4, -0.2) is 40.1 Å². The third-order valence-electron chi connectivity index (χ3n) is 14.3. The molecule has 4 aliphatic carbocycles. The van der Waals surface area contributed by atoms with Gasteiger partial charge in [-0.2, -0.15) is 0 Å². The second-order valence-electron chi connectivity index (χ2n) is 19.3. The number of fused-ring (bicyclic) bond motifs is 1. The van der Waals surface area contributed by atoms with Crippen molar-refractivity contribution in [2.75, 3.05) is 0 Å². The zero-order valence-electron chi connectivity index (χ0n) is 39.4. The van der Waals surface area contributed by atoms with Crippen LogP contribution < -0.4 is 5.32 Å². The van der Waals surface area contributed by atoms with E-state index in [2.05, 4.69) is 107 Å². The van der Waals surface area contributed by atoms with Gasteiger partial charge in [-0.1, -0.05) is 127 Å². The lowest BCUT2D eigenvalue weighted by atomic mass is 9.94. The average molecular weight is 918 g/mol. The Morgan fingerprint density at radius 2 is 1.18 bits per heavy atom. The molecule has 0 radical (unpaired) electrons. The maximum atomic E-state index is 12.9. The summed E-state index contributed by atoms with van der Waals surface area (Å²) in [6.45, 7) is 5.09. The number of amides is 1. The van der Waals surface area contributed by atoms with Gasteiger partial charge in [-0.05, 0) is 142 Å². The van der Waals surface area contributed by atoms with E-state index in [9.17, 15) is 24.0 Å². The van der Waals surface area contributed by atoms with Gasteiger partial charge in [-0.3, -0.25) is 29.0 Å². The standard InChI is InChI=1S/C32H33ClN2O2.C20H22O.C7H10O2/c1-21(31(36)16-10-24-19-28-29(33)14-15-30(28)34-20-24)35-32(37)27-13-9-23(18-27)17-22-7-11-26(12-8-22)25-5-3-2-4-6-25;1-15(21)20-12-9-17(14-20)13-16-7-10-19(11-8-16)18-5-3-2-4-6-18;1-5(8)6-2-3-7(9)4-6/h2-8,11-12,14,19-21,23,27H,9-10,13,15-18H2,1H3,(H,35,37);2-8,10-11,17,20H,9,12-14H2,1H3;6H,2-4H2,1H3/t21-,23-,27+;17-,20+;6-/m001/s1. The molecule has 0 bridgehead atoms. The molecule has 5 aromatic rings. The Labute approximate surface area is 402 Å². The molecule has 0 spiro atoms. The number of benzene rings is 4. The molecule has 1 amide bonds. The van der Waals surface area contributed by atoms with E-state index in [1.165, 1.54) is 39.8 Å². The van der Waals surface area contributed by atoms with Gasteiger partial charge in [-0.15, -0.1) is 0 Å². The number of carbonyl (C=O) groups is 5. The lowest BCUT2D eigenvalue weighted by molar-refractivity contribution is -0.129. The Bertz CT molecular complexity index is 2520. The van der Waals surface area contributed by atoms with Crippen molar-refractivity contribution in [1.82, 2.24) is 10.3 Å². The van der Waals surface area contributed by atoms with Gasteiger partial charge >= 0.3 is 0 Å². The molecular formula is C59H65ClN2O5. The molecule has 1 aromatic heterocycles. The number of pyridine rings is 1. The molecule has 9 rings (SSSR count). The van der Waals surface area contributed by atoms with Crippen molar-refractivity contribution in [2.24, 2.45) is 29.6 Å². The van der Waals surface area contributed by atoms with Crippen LogP contribution in [0.4, 0.5) is 0 Å². The lowest BCUT2D eigenvalue weighted by Gasteiger charge is -2.17. The van der Waals surface area contributed by atoms with E-state index in [0.717, 1.165) is 79.6 Å². The normalized spacial score (nSPS) is 20.9. The number of hydrogen-bond donors (Lipinski definition) is 1. The van der Waals surface area contributed by atoms with Crippen LogP contribution >= 0.6 is 11.6 Å². The number of rotatable bonds is 14. The monoisotopic (exact) mass is 916 g/mol. The highest BCUT2D eigenvalue weighted by Gasteiger charge is 2.32. The third-order valence-corrected chi connectivity index (χ3v) is 14.6. The van der Waals surface area contributed by atoms with E-state index in [4.69, 9.17) is 11.6 Å². The number of halogens is 1. The number of carbonyl (C=O) groups excluding carboxylic acids is 5. The molecule has 0 saturated heterocycles. The van der Waals surface area contributed by atoms with E-state index in [1.54, 1.807) is 20.8 Å². The molecule has 1 N–H and O–H groups in total. The SMILES string of the molecule is CC(=O)[C@@H]1CCC(=O)C1.CC(=O)[C@@H]1CC[C@@H](Cc2ccc(-c3ccccc3)cc2)C1.C[C@H](NC(=O)[C@@H]1CC[C@@H](Cc2ccc(-c3ccccc3)cc2)C1)C(=O)CCc1cnc2c(c1)C(Cl)=CC2. The van der Waals surface area contributed by atoms with Gasteiger partial charge < -0.3 is 5.32 Å². The highest BCUT2D eigenvalue weighted by molar-refractivity contribution is 6.49. The maximum Gasteiger partial charge on any atom is 0.223 e. The molecule has 3 saturated carbocycles. The molecular weight excluding hydrogens is 852 g/mol. The number of nitrogens with one attached hydrogen (secondary N) is 1. The van der Waals surface area contributed by atoms with Gasteiger partial charge in [-0.25, -0.2) is 0 Å². The fourth-order valence-electron chi connectivity index (χ4n) is 10.1. The Kier molecular flexibility index (Phi) is 17.4. The van der Waals surface area contributed by atoms with E-state index in [1.807, 2.05) is 30.5 Å². The molecule has 3 fully saturated rings. The smallest absolute Gasteiger partial charge is 0.223 e. The molecule has 4 aliphatic rings. The van der Waals surface area contributed by atoms with Crippen molar-refractivity contribution in [1.29, 1.82) is 0 Å². The van der Waals surface area contributed by atoms with Crippen LogP contribution in [0.2, 0.25) is 0 Å². The zero-order chi connectivity index (χ0) is 47.3. The Hall–Kier alpha value is -5.79. The lowest BCUT2D eigenvalue weighted by Crippen LogP contribution is -2.41. The predicted octanol–water partition coefficient (Wildman–Crippen LogP) is 12.4. The number of aromatic nitrogens is 1. The summed E-state index contributed by atoms with van der Waals surface area (Å²) in [5, 5.41) is 3.71. The van der Waals surface area contributed by atoms with Crippen LogP contribution in [0.3, 0.4) is 0 Å². The van der Waals surface area contributed by atoms with Crippen molar-refractivity contribution in [3.63, 3.8) is 0 Å². The average Bonchev–Trinajstić information content (AvgIpc) is 4.19. The maximum absolute atomic E-state index is 12.9. The number of aryl methyl sites for hydroxylation is 1. The van der Waals surface area contributed by atoms with Crippen LogP contribution in [0.1, 0.15) is 113 Å². The van der Waals surface area contributed by atoms with Gasteiger partial charge in [0, 0.05) is 60.2 Å². The minimum Gasteiger partial charge on any atom is -0.346 e. The van der Waals surface area contributed by atoms with Gasteiger partial charge in [0.1, 0.15) is 17.3 Å². The van der Waals surface area contributed by atoms with Crippen LogP contribution in [0.5, 0.6) is 0 Å². The Balaban J connectivity index is 0.000000184. The van der Waals surface area contributed by atoms with E-state index < -0.39 is 6.04 Å². The first-order valence-corrected chi connectivity index (χ1v) is 24.7. The Morgan fingerprint density at radius 1 is 0.657 bits per heavy atom. The summed E-state index contributed by atoms with van der Waals surface area (Å²) < 4.78 is 0. The summed E-state index contributed by atoms with van der Waals surface area (Å²) in [5.74, 6) is 2.38. The first kappa shape index (κ1) is 49.1. The minimum absolute atomic E-state index is 0.0129. The van der Waals surface area contributed by atoms with Crippen LogP contribution in [0.15, 0.2) is 128 Å². The summed E-state index contributed by atoms with van der Waals surface area (Å²) in [5.41, 5.74) is 10.6. The van der Waals surface area contributed by atoms with Crippen molar-refractivity contribution < 1.29 is 24.0 Å². The highest BCUT2D eigenvalue weighted by atomic mass is 35.5. The summed E-state index contributed by atoms with van der Waals surface area (Å²) in [4.78, 5) is 62.8. The molecule has 0 aliphatic heterocycles. The van der Waals surface area contributed by atoms with Crippen molar-refractivity contribution >= 4 is 45.7 Å². The van der Waals surface area contributed by atoms with Gasteiger partial charge in [0.2, 0.25) is 5.91 Å². The fourth-order valence-corrected chi connectivity index (χ4v) is 10.4. The summed E-state index contributed by atoms with van der Waals surface area (Å²) in [6, 6.07) is 40.1. The van der Waals surface area contributed by atoms with Crippen molar-refractivity contribution in [2.45, 2.75) is 117 Å². The molecule has 1 heterocycles. The molecule has 4 aromatic carbocycles. The van der Waals surface area contributed by atoms with E-state index in [0.29, 0.717) is 49.2 Å². The van der Waals surface area contributed by atoms with Gasteiger partial charge in [0.15, 0.2) is 5.78 Å². The fraction of sp³-hybridized carbons (Fsp3) is 0.390. The molecule has 0 unspecified atom stereocenters. The highest BCUT2D eigenvalue weighted by Crippen LogP contribution is 2.36. The minimum atomic E-state index is -0.483. The van der Waals surface area contributed by atoms with Crippen LogP contribution in [0, 0.1) is 29.6 Å². The van der Waals surface area contributed by atoms with Crippen molar-refractivity contribution in [3.8, 4) is 22.3 Å². The molecule has 6 atom stereocenters. The largest absolute Gasteiger partial charge is 0.346 e. The number of allylic oxidation sites excluding steroid dienone is 1. The van der Waals surface area contributed by atoms with Gasteiger partial charge in [0.05, 0.1) is 11.7 Å². The number of Topliss-reactive ketones (excluding diaryl/α,β-unsaturated/α-hetero) is 4. The first-order chi connectivity index (χ1) is 32.4. The van der Waals surface area contributed by atoms with Crippen LogP contribution in [0.25, 0.3) is 27.3 Å². The first-order valence-electron chi connectivity index (χ1n) is 24.4. The number of hydrogen-bond acceptors (Lipinski definition) is 6. The molecule has 7 nitrogen and oxygen atoms in total.